The Bertz CT molecular complexity index is 939. The highest BCUT2D eigenvalue weighted by atomic mass is 15.0. The highest BCUT2D eigenvalue weighted by molar-refractivity contribution is 5.80. The van der Waals surface area contributed by atoms with E-state index in [1.165, 1.54) is 5.56 Å². The smallest absolute Gasteiger partial charge is 0.145 e. The van der Waals surface area contributed by atoms with Crippen LogP contribution in [-0.4, -0.2) is 14.4 Å². The number of fused-ring (bicyclic) bond motifs is 1. The number of hydrogen-bond acceptors (Lipinski definition) is 2. The van der Waals surface area contributed by atoms with Crippen LogP contribution in [0.4, 0.5) is 0 Å². The fraction of sp³-hybridized carbons (Fsp3) is 0.0526. The lowest BCUT2D eigenvalue weighted by Gasteiger charge is -2.04. The van der Waals surface area contributed by atoms with E-state index in [0.29, 0.717) is 0 Å². The number of aromatic nitrogens is 3. The molecule has 4 rings (SSSR count). The van der Waals surface area contributed by atoms with Crippen LogP contribution in [0, 0.1) is 6.92 Å². The lowest BCUT2D eigenvalue weighted by molar-refractivity contribution is 1.15. The quantitative estimate of drug-likeness (QED) is 0.547. The zero-order chi connectivity index (χ0) is 14.9. The van der Waals surface area contributed by atoms with Crippen LogP contribution in [0.25, 0.3) is 28.3 Å². The number of aryl methyl sites for hydroxylation is 1. The second-order valence-corrected chi connectivity index (χ2v) is 5.27. The van der Waals surface area contributed by atoms with Gasteiger partial charge in [-0.25, -0.2) is 4.98 Å². The van der Waals surface area contributed by atoms with Gasteiger partial charge in [0, 0.05) is 18.0 Å². The molecule has 1 aromatic carbocycles. The van der Waals surface area contributed by atoms with Crippen LogP contribution in [-0.2, 0) is 0 Å². The molecule has 0 radical (unpaired) electrons. The molecule has 0 aliphatic carbocycles. The van der Waals surface area contributed by atoms with E-state index in [2.05, 4.69) is 40.7 Å². The van der Waals surface area contributed by atoms with Crippen molar-refractivity contribution in [3.05, 3.63) is 78.6 Å². The maximum atomic E-state index is 4.89. The molecule has 0 N–H and O–H groups in total. The lowest BCUT2D eigenvalue weighted by atomic mass is 10.1. The molecule has 0 aliphatic rings. The molecule has 0 saturated carbocycles. The zero-order valence-electron chi connectivity index (χ0n) is 12.3. The van der Waals surface area contributed by atoms with E-state index in [1.807, 2.05) is 42.5 Å². The van der Waals surface area contributed by atoms with Crippen LogP contribution in [0.2, 0.25) is 0 Å². The SMILES string of the molecule is Cc1ccccc1-c1nc(-c2ccccn2)c2ccccn12. The number of imidazole rings is 1. The number of rotatable bonds is 2. The van der Waals surface area contributed by atoms with E-state index in [-0.39, 0.29) is 0 Å². The molecular weight excluding hydrogens is 270 g/mol. The van der Waals surface area contributed by atoms with E-state index in [9.17, 15) is 0 Å². The molecule has 0 saturated heterocycles. The van der Waals surface area contributed by atoms with Crippen molar-refractivity contribution in [2.24, 2.45) is 0 Å². The van der Waals surface area contributed by atoms with Gasteiger partial charge in [0.2, 0.25) is 0 Å². The Morgan fingerprint density at radius 1 is 0.864 bits per heavy atom. The van der Waals surface area contributed by atoms with Gasteiger partial charge in [0.15, 0.2) is 0 Å². The summed E-state index contributed by atoms with van der Waals surface area (Å²) in [6.07, 6.45) is 3.85. The van der Waals surface area contributed by atoms with Crippen molar-refractivity contribution in [1.29, 1.82) is 0 Å². The van der Waals surface area contributed by atoms with Gasteiger partial charge >= 0.3 is 0 Å². The molecule has 3 heterocycles. The molecule has 4 aromatic rings. The number of pyridine rings is 2. The summed E-state index contributed by atoms with van der Waals surface area (Å²) in [5, 5.41) is 0. The van der Waals surface area contributed by atoms with E-state index in [4.69, 9.17) is 4.98 Å². The summed E-state index contributed by atoms with van der Waals surface area (Å²) >= 11 is 0. The zero-order valence-corrected chi connectivity index (χ0v) is 12.3. The fourth-order valence-electron chi connectivity index (χ4n) is 2.74. The van der Waals surface area contributed by atoms with Crippen molar-refractivity contribution in [2.45, 2.75) is 6.92 Å². The highest BCUT2D eigenvalue weighted by Gasteiger charge is 2.15. The molecule has 3 nitrogen and oxygen atoms in total. The summed E-state index contributed by atoms with van der Waals surface area (Å²) < 4.78 is 2.13. The minimum atomic E-state index is 0.894. The molecule has 0 spiro atoms. The Labute approximate surface area is 128 Å². The molecule has 0 amide bonds. The fourth-order valence-corrected chi connectivity index (χ4v) is 2.74. The molecule has 0 fully saturated rings. The third-order valence-electron chi connectivity index (χ3n) is 3.84. The molecule has 0 bridgehead atoms. The van der Waals surface area contributed by atoms with E-state index < -0.39 is 0 Å². The first-order valence-electron chi connectivity index (χ1n) is 7.29. The van der Waals surface area contributed by atoms with Crippen molar-refractivity contribution in [1.82, 2.24) is 14.4 Å². The standard InChI is InChI=1S/C19H15N3/c1-14-8-2-3-9-15(14)19-21-18(16-10-4-6-12-20-16)17-11-5-7-13-22(17)19/h2-13H,1H3. The van der Waals surface area contributed by atoms with Gasteiger partial charge in [-0.1, -0.05) is 36.4 Å². The molecule has 0 unspecified atom stereocenters. The lowest BCUT2D eigenvalue weighted by Crippen LogP contribution is -1.90. The van der Waals surface area contributed by atoms with Crippen molar-refractivity contribution < 1.29 is 0 Å². The monoisotopic (exact) mass is 285 g/mol. The minimum absolute atomic E-state index is 0.894. The predicted octanol–water partition coefficient (Wildman–Crippen LogP) is 4.37. The second kappa shape index (κ2) is 5.11. The van der Waals surface area contributed by atoms with Crippen LogP contribution >= 0.6 is 0 Å². The second-order valence-electron chi connectivity index (χ2n) is 5.27. The van der Waals surface area contributed by atoms with Gasteiger partial charge in [-0.3, -0.25) is 9.38 Å². The van der Waals surface area contributed by atoms with Gasteiger partial charge in [0.05, 0.1) is 11.2 Å². The number of hydrogen-bond donors (Lipinski definition) is 0. The van der Waals surface area contributed by atoms with E-state index >= 15 is 0 Å². The van der Waals surface area contributed by atoms with Crippen LogP contribution in [0.3, 0.4) is 0 Å². The minimum Gasteiger partial charge on any atom is -0.299 e. The first-order valence-corrected chi connectivity index (χ1v) is 7.29. The summed E-state index contributed by atoms with van der Waals surface area (Å²) in [6, 6.07) is 20.4. The van der Waals surface area contributed by atoms with Gasteiger partial charge < -0.3 is 0 Å². The Kier molecular flexibility index (Phi) is 2.97. The normalized spacial score (nSPS) is 11.0. The van der Waals surface area contributed by atoms with Gasteiger partial charge in [-0.05, 0) is 36.8 Å². The Hall–Kier alpha value is -2.94. The van der Waals surface area contributed by atoms with Crippen molar-refractivity contribution in [3.63, 3.8) is 0 Å². The van der Waals surface area contributed by atoms with Gasteiger partial charge in [0.25, 0.3) is 0 Å². The molecule has 106 valence electrons. The summed E-state index contributed by atoms with van der Waals surface area (Å²) in [7, 11) is 0. The molecular formula is C19H15N3. The third kappa shape index (κ3) is 1.99. The van der Waals surface area contributed by atoms with E-state index in [0.717, 1.165) is 28.3 Å². The first-order chi connectivity index (χ1) is 10.8. The van der Waals surface area contributed by atoms with Gasteiger partial charge in [-0.15, -0.1) is 0 Å². The molecule has 0 atom stereocenters. The molecule has 3 heteroatoms. The van der Waals surface area contributed by atoms with Crippen LogP contribution in [0.15, 0.2) is 73.1 Å². The Morgan fingerprint density at radius 2 is 1.68 bits per heavy atom. The highest BCUT2D eigenvalue weighted by Crippen LogP contribution is 2.29. The van der Waals surface area contributed by atoms with Crippen molar-refractivity contribution >= 4 is 5.52 Å². The number of nitrogens with zero attached hydrogens (tertiary/aromatic N) is 3. The average molecular weight is 285 g/mol. The third-order valence-corrected chi connectivity index (χ3v) is 3.84. The first kappa shape index (κ1) is 12.8. The Morgan fingerprint density at radius 3 is 2.50 bits per heavy atom. The molecule has 0 aliphatic heterocycles. The van der Waals surface area contributed by atoms with Crippen molar-refractivity contribution in [3.8, 4) is 22.8 Å². The van der Waals surface area contributed by atoms with Crippen LogP contribution < -0.4 is 0 Å². The summed E-state index contributed by atoms with van der Waals surface area (Å²) in [5.41, 5.74) is 5.24. The predicted molar refractivity (Wildman–Crippen MR) is 88.6 cm³/mol. The Balaban J connectivity index is 2.04. The molecule has 3 aromatic heterocycles. The van der Waals surface area contributed by atoms with Gasteiger partial charge in [0.1, 0.15) is 11.5 Å². The van der Waals surface area contributed by atoms with Crippen molar-refractivity contribution in [2.75, 3.05) is 0 Å². The summed E-state index contributed by atoms with van der Waals surface area (Å²) in [6.45, 7) is 2.11. The molecule has 22 heavy (non-hydrogen) atoms. The summed E-state index contributed by atoms with van der Waals surface area (Å²) in [4.78, 5) is 9.34. The summed E-state index contributed by atoms with van der Waals surface area (Å²) in [5.74, 6) is 0.953. The largest absolute Gasteiger partial charge is 0.299 e. The van der Waals surface area contributed by atoms with Crippen LogP contribution in [0.5, 0.6) is 0 Å². The maximum absolute atomic E-state index is 4.89. The van der Waals surface area contributed by atoms with Gasteiger partial charge in [-0.2, -0.15) is 0 Å². The van der Waals surface area contributed by atoms with E-state index in [1.54, 1.807) is 6.20 Å². The topological polar surface area (TPSA) is 30.2 Å². The maximum Gasteiger partial charge on any atom is 0.145 e. The van der Waals surface area contributed by atoms with Crippen LogP contribution in [0.1, 0.15) is 5.56 Å². The number of benzene rings is 1. The average Bonchev–Trinajstić information content (AvgIpc) is 2.96.